The first kappa shape index (κ1) is 13.0. The lowest BCUT2D eigenvalue weighted by Gasteiger charge is -2.25. The van der Waals surface area contributed by atoms with E-state index in [1.54, 1.807) is 0 Å². The Morgan fingerprint density at radius 2 is 1.62 bits per heavy atom. The lowest BCUT2D eigenvalue weighted by molar-refractivity contribution is 0.817. The Morgan fingerprint density at radius 1 is 1.00 bits per heavy atom. The van der Waals surface area contributed by atoms with Gasteiger partial charge in [-0.3, -0.25) is 0 Å². The highest BCUT2D eigenvalue weighted by Gasteiger charge is 2.30. The summed E-state index contributed by atoms with van der Waals surface area (Å²) in [6.45, 7) is 3.75. The third kappa shape index (κ3) is 1.89. The van der Waals surface area contributed by atoms with Crippen LogP contribution in [0.3, 0.4) is 0 Å². The number of nitrogens with one attached hydrogen (secondary N) is 2. The molecule has 2 heterocycles. The van der Waals surface area contributed by atoms with E-state index in [0.29, 0.717) is 11.1 Å². The number of aromatic amines is 1. The maximum Gasteiger partial charge on any atom is 0.0975 e. The van der Waals surface area contributed by atoms with Gasteiger partial charge in [0.25, 0.3) is 0 Å². The quantitative estimate of drug-likeness (QED) is 0.836. The normalized spacial score (nSPS) is 15.8. The summed E-state index contributed by atoms with van der Waals surface area (Å²) in [5.41, 5.74) is 4.80. The molecule has 1 aliphatic heterocycles. The van der Waals surface area contributed by atoms with Crippen molar-refractivity contribution in [2.45, 2.75) is 19.8 Å². The van der Waals surface area contributed by atoms with E-state index in [2.05, 4.69) is 22.4 Å². The van der Waals surface area contributed by atoms with Gasteiger partial charge in [-0.2, -0.15) is 10.5 Å². The average Bonchev–Trinajstić information content (AvgIpc) is 2.90. The molecule has 1 aliphatic rings. The van der Waals surface area contributed by atoms with Crippen molar-refractivity contribution in [3.8, 4) is 12.1 Å². The zero-order valence-corrected chi connectivity index (χ0v) is 11.9. The number of fused-ring (bicyclic) bond motifs is 1. The van der Waals surface area contributed by atoms with Crippen molar-refractivity contribution in [3.05, 3.63) is 58.6 Å². The van der Waals surface area contributed by atoms with Crippen LogP contribution in [0.25, 0.3) is 10.9 Å². The van der Waals surface area contributed by atoms with Crippen molar-refractivity contribution in [1.82, 2.24) is 10.3 Å². The first-order valence-electron chi connectivity index (χ1n) is 6.72. The molecule has 0 atom stereocenters. The van der Waals surface area contributed by atoms with Gasteiger partial charge in [0.1, 0.15) is 0 Å². The number of allylic oxidation sites excluding steroid dienone is 4. The highest BCUT2D eigenvalue weighted by molar-refractivity contribution is 5.85. The summed E-state index contributed by atoms with van der Waals surface area (Å²) < 4.78 is 0. The van der Waals surface area contributed by atoms with Crippen LogP contribution in [0.1, 0.15) is 25.3 Å². The van der Waals surface area contributed by atoms with E-state index in [1.807, 2.05) is 44.3 Å². The maximum absolute atomic E-state index is 9.51. The third-order valence-corrected chi connectivity index (χ3v) is 3.93. The van der Waals surface area contributed by atoms with Crippen molar-refractivity contribution >= 4 is 10.9 Å². The number of dihydropyridines is 1. The van der Waals surface area contributed by atoms with E-state index >= 15 is 0 Å². The van der Waals surface area contributed by atoms with Crippen molar-refractivity contribution in [2.75, 3.05) is 0 Å². The van der Waals surface area contributed by atoms with E-state index in [-0.39, 0.29) is 5.92 Å². The molecule has 2 aromatic rings. The fourth-order valence-electron chi connectivity index (χ4n) is 2.93. The Morgan fingerprint density at radius 3 is 2.24 bits per heavy atom. The summed E-state index contributed by atoms with van der Waals surface area (Å²) in [5.74, 6) is -0.308. The molecule has 0 bridgehead atoms. The minimum atomic E-state index is -0.308. The van der Waals surface area contributed by atoms with Gasteiger partial charge in [0, 0.05) is 28.5 Å². The predicted octanol–water partition coefficient (Wildman–Crippen LogP) is 3.45. The number of rotatable bonds is 1. The summed E-state index contributed by atoms with van der Waals surface area (Å²) >= 11 is 0. The number of benzene rings is 1. The highest BCUT2D eigenvalue weighted by atomic mass is 14.9. The number of aromatic nitrogens is 1. The molecule has 0 aliphatic carbocycles. The van der Waals surface area contributed by atoms with Gasteiger partial charge >= 0.3 is 0 Å². The molecule has 1 aromatic heterocycles. The largest absolute Gasteiger partial charge is 0.361 e. The Balaban J connectivity index is 2.29. The van der Waals surface area contributed by atoms with Crippen LogP contribution < -0.4 is 5.32 Å². The second-order valence-corrected chi connectivity index (χ2v) is 5.15. The molecule has 3 rings (SSSR count). The van der Waals surface area contributed by atoms with Gasteiger partial charge in [0.05, 0.1) is 29.2 Å². The molecule has 1 aromatic carbocycles. The monoisotopic (exact) mass is 274 g/mol. The molecule has 0 saturated heterocycles. The fraction of sp³-hybridized carbons (Fsp3) is 0.176. The smallest absolute Gasteiger partial charge is 0.0975 e. The van der Waals surface area contributed by atoms with Gasteiger partial charge in [0.15, 0.2) is 0 Å². The van der Waals surface area contributed by atoms with E-state index in [4.69, 9.17) is 0 Å². The standard InChI is InChI=1S/C17H14N4/c1-10-13(7-18)17(14(8-19)11(2)21-10)15-9-20-16-6-4-3-5-12(15)16/h3-6,9,17,20-21H,1-2H3. The summed E-state index contributed by atoms with van der Waals surface area (Å²) in [5, 5.41) is 23.2. The molecular weight excluding hydrogens is 260 g/mol. The van der Waals surface area contributed by atoms with Crippen LogP contribution >= 0.6 is 0 Å². The Hall–Kier alpha value is -2.98. The number of hydrogen-bond donors (Lipinski definition) is 2. The molecule has 0 unspecified atom stereocenters. The number of hydrogen-bond acceptors (Lipinski definition) is 3. The number of nitrogens with zero attached hydrogens (tertiary/aromatic N) is 2. The van der Waals surface area contributed by atoms with Gasteiger partial charge < -0.3 is 10.3 Å². The Bertz CT molecular complexity index is 832. The zero-order chi connectivity index (χ0) is 15.0. The molecule has 0 saturated carbocycles. The fourth-order valence-corrected chi connectivity index (χ4v) is 2.93. The SMILES string of the molecule is CC1=C(C#N)C(c2c[nH]c3ccccc23)C(C#N)=C(C)N1. The van der Waals surface area contributed by atoms with Crippen LogP contribution in [0, 0.1) is 22.7 Å². The lowest BCUT2D eigenvalue weighted by atomic mass is 9.81. The second kappa shape index (κ2) is 4.85. The molecule has 0 spiro atoms. The second-order valence-electron chi connectivity index (χ2n) is 5.15. The van der Waals surface area contributed by atoms with E-state index < -0.39 is 0 Å². The van der Waals surface area contributed by atoms with Gasteiger partial charge in [0.2, 0.25) is 0 Å². The molecule has 21 heavy (non-hydrogen) atoms. The van der Waals surface area contributed by atoms with E-state index in [0.717, 1.165) is 27.9 Å². The Labute approximate surface area is 123 Å². The summed E-state index contributed by atoms with van der Waals surface area (Å²) in [7, 11) is 0. The van der Waals surface area contributed by atoms with Crippen molar-refractivity contribution in [2.24, 2.45) is 0 Å². The predicted molar refractivity (Wildman–Crippen MR) is 80.8 cm³/mol. The maximum atomic E-state index is 9.51. The van der Waals surface area contributed by atoms with Gasteiger partial charge in [-0.15, -0.1) is 0 Å². The van der Waals surface area contributed by atoms with Crippen molar-refractivity contribution < 1.29 is 0 Å². The van der Waals surface area contributed by atoms with Crippen molar-refractivity contribution in [3.63, 3.8) is 0 Å². The minimum absolute atomic E-state index is 0.308. The third-order valence-electron chi connectivity index (χ3n) is 3.93. The molecule has 102 valence electrons. The van der Waals surface area contributed by atoms with Crippen LogP contribution in [-0.4, -0.2) is 4.98 Å². The summed E-state index contributed by atoms with van der Waals surface area (Å²) in [4.78, 5) is 3.22. The van der Waals surface area contributed by atoms with Gasteiger partial charge in [-0.25, -0.2) is 0 Å². The molecule has 2 N–H and O–H groups in total. The van der Waals surface area contributed by atoms with Crippen LogP contribution in [0.5, 0.6) is 0 Å². The molecule has 0 radical (unpaired) electrons. The van der Waals surface area contributed by atoms with E-state index in [1.165, 1.54) is 0 Å². The number of para-hydroxylation sites is 1. The Kier molecular flexibility index (Phi) is 3.01. The molecular formula is C17H14N4. The zero-order valence-electron chi connectivity index (χ0n) is 11.9. The van der Waals surface area contributed by atoms with Gasteiger partial charge in [-0.1, -0.05) is 18.2 Å². The van der Waals surface area contributed by atoms with Crippen LogP contribution in [0.2, 0.25) is 0 Å². The van der Waals surface area contributed by atoms with Crippen molar-refractivity contribution in [1.29, 1.82) is 10.5 Å². The summed E-state index contributed by atoms with van der Waals surface area (Å²) in [6.07, 6.45) is 1.90. The molecule has 0 amide bonds. The van der Waals surface area contributed by atoms with Crippen LogP contribution in [0.4, 0.5) is 0 Å². The first-order chi connectivity index (χ1) is 10.2. The first-order valence-corrected chi connectivity index (χ1v) is 6.72. The summed E-state index contributed by atoms with van der Waals surface area (Å²) in [6, 6.07) is 12.4. The lowest BCUT2D eigenvalue weighted by Crippen LogP contribution is -2.23. The molecule has 4 heteroatoms. The number of H-pyrrole nitrogens is 1. The van der Waals surface area contributed by atoms with Crippen LogP contribution in [-0.2, 0) is 0 Å². The van der Waals surface area contributed by atoms with Gasteiger partial charge in [-0.05, 0) is 25.5 Å². The topological polar surface area (TPSA) is 75.4 Å². The van der Waals surface area contributed by atoms with Crippen LogP contribution in [0.15, 0.2) is 53.0 Å². The number of nitriles is 2. The molecule has 0 fully saturated rings. The molecule has 4 nitrogen and oxygen atoms in total. The highest BCUT2D eigenvalue weighted by Crippen LogP contribution is 2.40. The van der Waals surface area contributed by atoms with E-state index in [9.17, 15) is 10.5 Å². The average molecular weight is 274 g/mol. The minimum Gasteiger partial charge on any atom is -0.361 e.